The topological polar surface area (TPSA) is 142 Å². The molecule has 0 aliphatic carbocycles. The number of ether oxygens (including phenoxy) is 1. The summed E-state index contributed by atoms with van der Waals surface area (Å²) < 4.78 is 5.42. The molecule has 0 aliphatic rings. The van der Waals surface area contributed by atoms with Gasteiger partial charge in [0.2, 0.25) is 0 Å². The van der Waals surface area contributed by atoms with Crippen LogP contribution in [0.5, 0.6) is 0 Å². The number of nitro benzene ring substituents is 2. The van der Waals surface area contributed by atoms with Crippen LogP contribution in [0.3, 0.4) is 0 Å². The fourth-order valence-electron chi connectivity index (χ4n) is 3.77. The van der Waals surface area contributed by atoms with Gasteiger partial charge in [-0.3, -0.25) is 25.0 Å². The van der Waals surface area contributed by atoms with E-state index in [4.69, 9.17) is 4.74 Å². The predicted octanol–water partition coefficient (Wildman–Crippen LogP) is 5.69. The van der Waals surface area contributed by atoms with E-state index >= 15 is 0 Å². The first kappa shape index (κ1) is 29.2. The van der Waals surface area contributed by atoms with Crippen molar-refractivity contribution in [3.63, 3.8) is 0 Å². The molecule has 0 bridgehead atoms. The van der Waals surface area contributed by atoms with Gasteiger partial charge in [0.25, 0.3) is 17.3 Å². The first-order chi connectivity index (χ1) is 17.8. The highest BCUT2D eigenvalue weighted by molar-refractivity contribution is 5.98. The minimum Gasteiger partial charge on any atom is -0.464 e. The van der Waals surface area contributed by atoms with Crippen molar-refractivity contribution in [2.45, 2.75) is 63.8 Å². The summed E-state index contributed by atoms with van der Waals surface area (Å²) in [4.78, 5) is 46.4. The number of carbonyl (C=O) groups is 2. The van der Waals surface area contributed by atoms with E-state index in [1.165, 1.54) is 6.42 Å². The third-order valence-electron chi connectivity index (χ3n) is 5.76. The zero-order valence-corrected chi connectivity index (χ0v) is 20.8. The van der Waals surface area contributed by atoms with Gasteiger partial charge in [-0.1, -0.05) is 68.5 Å². The fraction of sp³-hybridized carbons (Fsp3) is 0.407. The van der Waals surface area contributed by atoms with Crippen LogP contribution >= 0.6 is 0 Å². The van der Waals surface area contributed by atoms with E-state index in [-0.39, 0.29) is 18.6 Å². The SMILES string of the molecule is C=CCCCCCCCCCOC(=O)C(Cc1ccccc1)NC(=O)c1cc([N+](=O)[O-])cc([N+](=O)[O-])c1. The summed E-state index contributed by atoms with van der Waals surface area (Å²) in [5, 5.41) is 24.9. The van der Waals surface area contributed by atoms with Crippen LogP contribution in [0.1, 0.15) is 67.3 Å². The van der Waals surface area contributed by atoms with Gasteiger partial charge in [-0.25, -0.2) is 4.79 Å². The number of carbonyl (C=O) groups excluding carboxylic acids is 2. The molecular weight excluding hydrogens is 478 g/mol. The van der Waals surface area contributed by atoms with Gasteiger partial charge in [0, 0.05) is 18.6 Å². The Bertz CT molecular complexity index is 1040. The summed E-state index contributed by atoms with van der Waals surface area (Å²) in [5.41, 5.74) is -0.712. The lowest BCUT2D eigenvalue weighted by atomic mass is 10.0. The summed E-state index contributed by atoms with van der Waals surface area (Å²) >= 11 is 0. The van der Waals surface area contributed by atoms with E-state index in [9.17, 15) is 29.8 Å². The van der Waals surface area contributed by atoms with E-state index in [1.54, 1.807) is 24.3 Å². The molecule has 1 amide bonds. The molecule has 0 heterocycles. The maximum atomic E-state index is 12.9. The number of nitrogens with zero attached hydrogens (tertiary/aromatic N) is 2. The van der Waals surface area contributed by atoms with E-state index in [0.717, 1.165) is 62.3 Å². The van der Waals surface area contributed by atoms with Gasteiger partial charge in [0.15, 0.2) is 0 Å². The molecule has 198 valence electrons. The first-order valence-corrected chi connectivity index (χ1v) is 12.4. The van der Waals surface area contributed by atoms with Crippen LogP contribution in [0.15, 0.2) is 61.2 Å². The lowest BCUT2D eigenvalue weighted by Crippen LogP contribution is -2.43. The number of esters is 1. The molecule has 0 spiro atoms. The maximum absolute atomic E-state index is 12.9. The van der Waals surface area contributed by atoms with Crippen LogP contribution < -0.4 is 5.32 Å². The van der Waals surface area contributed by atoms with E-state index in [2.05, 4.69) is 11.9 Å². The number of hydrogen-bond donors (Lipinski definition) is 1. The Balaban J connectivity index is 1.99. The number of nitrogens with one attached hydrogen (secondary N) is 1. The lowest BCUT2D eigenvalue weighted by Gasteiger charge is -2.18. The van der Waals surface area contributed by atoms with E-state index in [0.29, 0.717) is 6.42 Å². The van der Waals surface area contributed by atoms with Crippen molar-refractivity contribution in [1.82, 2.24) is 5.32 Å². The minimum absolute atomic E-state index is 0.132. The molecular formula is C27H33N3O7. The molecule has 0 radical (unpaired) electrons. The molecule has 2 aromatic rings. The predicted molar refractivity (Wildman–Crippen MR) is 139 cm³/mol. The fourth-order valence-corrected chi connectivity index (χ4v) is 3.77. The molecule has 0 fully saturated rings. The molecule has 10 nitrogen and oxygen atoms in total. The largest absolute Gasteiger partial charge is 0.464 e. The summed E-state index contributed by atoms with van der Waals surface area (Å²) in [7, 11) is 0. The van der Waals surface area contributed by atoms with Gasteiger partial charge in [-0.2, -0.15) is 0 Å². The highest BCUT2D eigenvalue weighted by Crippen LogP contribution is 2.23. The second-order valence-corrected chi connectivity index (χ2v) is 8.69. The van der Waals surface area contributed by atoms with Crippen molar-refractivity contribution in [3.8, 4) is 0 Å². The number of hydrogen-bond acceptors (Lipinski definition) is 7. The minimum atomic E-state index is -1.07. The Morgan fingerprint density at radius 3 is 2.03 bits per heavy atom. The Morgan fingerprint density at radius 2 is 1.46 bits per heavy atom. The third kappa shape index (κ3) is 10.6. The molecule has 2 rings (SSSR count). The van der Waals surface area contributed by atoms with Crippen molar-refractivity contribution < 1.29 is 24.2 Å². The number of non-ortho nitro benzene ring substituents is 2. The average molecular weight is 512 g/mol. The molecule has 1 unspecified atom stereocenters. The summed E-state index contributed by atoms with van der Waals surface area (Å²) in [5.74, 6) is -1.48. The normalized spacial score (nSPS) is 11.4. The van der Waals surface area contributed by atoms with Crippen LogP contribution in [0, 0.1) is 20.2 Å². The molecule has 37 heavy (non-hydrogen) atoms. The van der Waals surface area contributed by atoms with Crippen molar-refractivity contribution in [2.24, 2.45) is 0 Å². The summed E-state index contributed by atoms with van der Waals surface area (Å²) in [6.07, 6.45) is 10.4. The Hall–Kier alpha value is -4.08. The molecule has 0 aromatic heterocycles. The van der Waals surface area contributed by atoms with Crippen molar-refractivity contribution >= 4 is 23.3 Å². The number of allylic oxidation sites excluding steroid dienone is 1. The Kier molecular flexibility index (Phi) is 12.5. The van der Waals surface area contributed by atoms with Crippen LogP contribution in [0.25, 0.3) is 0 Å². The van der Waals surface area contributed by atoms with Gasteiger partial charge >= 0.3 is 5.97 Å². The second-order valence-electron chi connectivity index (χ2n) is 8.69. The quantitative estimate of drug-likeness (QED) is 0.0944. The number of rotatable bonds is 17. The Morgan fingerprint density at radius 1 is 0.892 bits per heavy atom. The molecule has 1 N–H and O–H groups in total. The smallest absolute Gasteiger partial charge is 0.328 e. The van der Waals surface area contributed by atoms with Gasteiger partial charge in [-0.15, -0.1) is 6.58 Å². The van der Waals surface area contributed by atoms with Crippen molar-refractivity contribution in [1.29, 1.82) is 0 Å². The standard InChI is InChI=1S/C27H33N3O7/c1-2-3-4-5-6-7-8-9-13-16-37-27(32)25(17-21-14-11-10-12-15-21)28-26(31)22-18-23(29(33)34)20-24(19-22)30(35)36/h2,10-12,14-15,18-20,25H,1,3-9,13,16-17H2,(H,28,31). The molecule has 10 heteroatoms. The van der Waals surface area contributed by atoms with Crippen LogP contribution in [-0.2, 0) is 16.0 Å². The lowest BCUT2D eigenvalue weighted by molar-refractivity contribution is -0.394. The zero-order valence-electron chi connectivity index (χ0n) is 20.8. The molecule has 2 aromatic carbocycles. The van der Waals surface area contributed by atoms with Crippen LogP contribution in [-0.4, -0.2) is 34.4 Å². The zero-order chi connectivity index (χ0) is 27.0. The van der Waals surface area contributed by atoms with Gasteiger partial charge < -0.3 is 10.1 Å². The first-order valence-electron chi connectivity index (χ1n) is 12.4. The second kappa shape index (κ2) is 15.8. The van der Waals surface area contributed by atoms with Gasteiger partial charge in [-0.05, 0) is 24.8 Å². The summed E-state index contributed by atoms with van der Waals surface area (Å²) in [6.45, 7) is 3.92. The van der Waals surface area contributed by atoms with E-state index < -0.39 is 39.1 Å². The summed E-state index contributed by atoms with van der Waals surface area (Å²) in [6, 6.07) is 10.6. The number of nitro groups is 2. The van der Waals surface area contributed by atoms with Gasteiger partial charge in [0.1, 0.15) is 6.04 Å². The van der Waals surface area contributed by atoms with Crippen LogP contribution in [0.4, 0.5) is 11.4 Å². The number of amides is 1. The average Bonchev–Trinajstić information content (AvgIpc) is 2.89. The highest BCUT2D eigenvalue weighted by Gasteiger charge is 2.26. The van der Waals surface area contributed by atoms with E-state index in [1.807, 2.05) is 12.1 Å². The number of benzene rings is 2. The highest BCUT2D eigenvalue weighted by atomic mass is 16.6. The van der Waals surface area contributed by atoms with Gasteiger partial charge in [0.05, 0.1) is 28.1 Å². The molecule has 0 saturated heterocycles. The molecule has 1 atom stereocenters. The Labute approximate surface area is 216 Å². The van der Waals surface area contributed by atoms with Crippen LogP contribution in [0.2, 0.25) is 0 Å². The maximum Gasteiger partial charge on any atom is 0.328 e. The monoisotopic (exact) mass is 511 g/mol. The third-order valence-corrected chi connectivity index (χ3v) is 5.76. The van der Waals surface area contributed by atoms with Crippen molar-refractivity contribution in [2.75, 3.05) is 6.61 Å². The van der Waals surface area contributed by atoms with Crippen molar-refractivity contribution in [3.05, 3.63) is 92.5 Å². The molecule has 0 saturated carbocycles. The number of unbranched alkanes of at least 4 members (excludes halogenated alkanes) is 7. The molecule has 0 aliphatic heterocycles.